The zero-order valence-corrected chi connectivity index (χ0v) is 28.8. The van der Waals surface area contributed by atoms with E-state index < -0.39 is 21.8 Å². The van der Waals surface area contributed by atoms with E-state index in [0.717, 1.165) is 25.9 Å². The Hall–Kier alpha value is -4.90. The molecule has 3 aliphatic rings. The van der Waals surface area contributed by atoms with Gasteiger partial charge in [-0.2, -0.15) is 13.4 Å². The molecule has 5 heterocycles. The molecule has 2 unspecified atom stereocenters. The molecular formula is C37H37F2N7O3S. The van der Waals surface area contributed by atoms with E-state index >= 15 is 4.39 Å². The van der Waals surface area contributed by atoms with Crippen LogP contribution in [0.25, 0.3) is 32.9 Å². The molecule has 0 saturated carbocycles. The van der Waals surface area contributed by atoms with Crippen molar-refractivity contribution in [3.8, 4) is 23.6 Å². The van der Waals surface area contributed by atoms with E-state index in [1.54, 1.807) is 42.6 Å². The summed E-state index contributed by atoms with van der Waals surface area (Å²) in [4.78, 5) is 20.2. The molecule has 50 heavy (non-hydrogen) atoms. The van der Waals surface area contributed by atoms with E-state index in [9.17, 15) is 17.4 Å². The second-order valence-electron chi connectivity index (χ2n) is 12.7. The molecule has 0 spiro atoms. The molecule has 2 bridgehead atoms. The number of hydrogen-bond donors (Lipinski definition) is 2. The molecule has 2 N–H and O–H groups in total. The number of hydrogen-bond acceptors (Lipinski definition) is 9. The number of nitrogens with zero attached hydrogens (tertiary/aromatic N) is 6. The van der Waals surface area contributed by atoms with Crippen LogP contribution < -0.4 is 20.0 Å². The van der Waals surface area contributed by atoms with Crippen LogP contribution in [0.2, 0.25) is 0 Å². The van der Waals surface area contributed by atoms with Crippen molar-refractivity contribution in [2.75, 3.05) is 47.9 Å². The Morgan fingerprint density at radius 2 is 1.70 bits per heavy atom. The molecule has 10 nitrogen and oxygen atoms in total. The number of anilines is 3. The molecule has 0 aliphatic carbocycles. The molecule has 2 aromatic heterocycles. The molecular weight excluding hydrogens is 661 g/mol. The van der Waals surface area contributed by atoms with Crippen molar-refractivity contribution in [3.05, 3.63) is 78.0 Å². The van der Waals surface area contributed by atoms with Gasteiger partial charge in [-0.05, 0) is 42.5 Å². The van der Waals surface area contributed by atoms with Gasteiger partial charge >= 0.3 is 0 Å². The first-order valence-electron chi connectivity index (χ1n) is 16.7. The molecule has 8 rings (SSSR count). The molecule has 3 aliphatic heterocycles. The fourth-order valence-electron chi connectivity index (χ4n) is 7.20. The number of fused-ring (bicyclic) bond motifs is 4. The highest BCUT2D eigenvalue weighted by Crippen LogP contribution is 2.38. The quantitative estimate of drug-likeness (QED) is 0.171. The first-order valence-corrected chi connectivity index (χ1v) is 18.1. The number of terminal acetylenes is 1. The lowest BCUT2D eigenvalue weighted by atomic mass is 9.96. The van der Waals surface area contributed by atoms with Crippen LogP contribution in [0.3, 0.4) is 0 Å². The van der Waals surface area contributed by atoms with Crippen molar-refractivity contribution in [1.82, 2.24) is 20.3 Å². The molecule has 0 radical (unpaired) electrons. The number of rotatable bonds is 6. The Labute approximate surface area is 289 Å². The van der Waals surface area contributed by atoms with Crippen LogP contribution in [-0.2, 0) is 10.1 Å². The van der Waals surface area contributed by atoms with Gasteiger partial charge in [-0.3, -0.25) is 9.54 Å². The van der Waals surface area contributed by atoms with Gasteiger partial charge in [-0.1, -0.05) is 50.1 Å². The molecule has 258 valence electrons. The minimum absolute atomic E-state index is 0.0196. The molecule has 5 aromatic rings. The zero-order valence-electron chi connectivity index (χ0n) is 27.9. The highest BCUT2D eigenvalue weighted by molar-refractivity contribution is 7.85. The highest BCUT2D eigenvalue weighted by atomic mass is 32.2. The minimum Gasteiger partial charge on any atom is -0.368 e. The van der Waals surface area contributed by atoms with E-state index in [0.29, 0.717) is 64.3 Å². The molecule has 0 amide bonds. The van der Waals surface area contributed by atoms with E-state index in [2.05, 4.69) is 21.1 Å². The molecule has 3 aromatic carbocycles. The fourth-order valence-corrected chi connectivity index (χ4v) is 7.72. The van der Waals surface area contributed by atoms with Crippen molar-refractivity contribution in [1.29, 1.82) is 0 Å². The van der Waals surface area contributed by atoms with Gasteiger partial charge in [-0.15, -0.1) is 6.42 Å². The van der Waals surface area contributed by atoms with Crippen LogP contribution in [0.15, 0.2) is 65.7 Å². The molecule has 3 fully saturated rings. The Bertz CT molecular complexity index is 2260. The number of aromatic nitrogens is 3. The van der Waals surface area contributed by atoms with Gasteiger partial charge in [0, 0.05) is 68.1 Å². The zero-order chi connectivity index (χ0) is 35.3. The second kappa shape index (κ2) is 13.1. The summed E-state index contributed by atoms with van der Waals surface area (Å²) in [5.41, 5.74) is 1.18. The summed E-state index contributed by atoms with van der Waals surface area (Å²) < 4.78 is 64.6. The summed E-state index contributed by atoms with van der Waals surface area (Å²) in [6.45, 7) is 6.43. The maximum Gasteiger partial charge on any atom is 0.294 e. The summed E-state index contributed by atoms with van der Waals surface area (Å²) in [7, 11) is -2.50. The lowest BCUT2D eigenvalue weighted by Gasteiger charge is -2.45. The predicted octanol–water partition coefficient (Wildman–Crippen LogP) is 5.64. The Balaban J connectivity index is 0.00000193. The molecule has 13 heteroatoms. The molecule has 2 atom stereocenters. The average Bonchev–Trinajstić information content (AvgIpc) is 3.44. The monoisotopic (exact) mass is 697 g/mol. The van der Waals surface area contributed by atoms with E-state index in [1.165, 1.54) is 18.2 Å². The van der Waals surface area contributed by atoms with Crippen LogP contribution in [-0.4, -0.2) is 79.3 Å². The lowest BCUT2D eigenvalue weighted by Crippen LogP contribution is -2.59. The maximum absolute atomic E-state index is 16.8. The van der Waals surface area contributed by atoms with Crippen LogP contribution in [0.1, 0.15) is 32.3 Å². The minimum atomic E-state index is -4.35. The number of halogens is 2. The summed E-state index contributed by atoms with van der Waals surface area (Å²) >= 11 is 0. The van der Waals surface area contributed by atoms with Crippen LogP contribution in [0.5, 0.6) is 0 Å². The van der Waals surface area contributed by atoms with Gasteiger partial charge in [0.2, 0.25) is 5.95 Å². The first kappa shape index (κ1) is 33.6. The summed E-state index contributed by atoms with van der Waals surface area (Å²) in [6.07, 6.45) is 9.42. The van der Waals surface area contributed by atoms with Crippen molar-refractivity contribution in [2.45, 2.75) is 49.7 Å². The summed E-state index contributed by atoms with van der Waals surface area (Å²) in [5.74, 6) is 2.19. The van der Waals surface area contributed by atoms with Crippen molar-refractivity contribution >= 4 is 49.2 Å². The third-order valence-corrected chi connectivity index (χ3v) is 10.6. The van der Waals surface area contributed by atoms with Gasteiger partial charge in [0.15, 0.2) is 5.82 Å². The standard InChI is InChI=1S/C35H31F2N7O3S.C2H6/c1-3-26-29(36)13-10-20-6-4-9-27(30(20)26)32-31(37)33-28(15-38-32)34(43-16-21-11-12-22(17-43)39-21)41-35(40-33)44-18-24(19-44)42(2)23-7-5-8-25(14-23)48(45,46)47;1-2/h1,4-10,13-15,21-22,24,39H,11-12,16-19H2,2H3,(H,45,46,47);1-2H3. The van der Waals surface area contributed by atoms with Gasteiger partial charge in [0.1, 0.15) is 22.8 Å². The van der Waals surface area contributed by atoms with E-state index in [-0.39, 0.29) is 27.7 Å². The topological polar surface area (TPSA) is 115 Å². The van der Waals surface area contributed by atoms with Crippen LogP contribution in [0.4, 0.5) is 26.2 Å². The number of likely N-dealkylation sites (N-methyl/N-ethyl adjacent to an activating group) is 1. The molecule has 3 saturated heterocycles. The number of benzene rings is 3. The Kier molecular flexibility index (Phi) is 8.80. The predicted molar refractivity (Wildman–Crippen MR) is 192 cm³/mol. The van der Waals surface area contributed by atoms with Crippen LogP contribution in [0, 0.1) is 24.0 Å². The van der Waals surface area contributed by atoms with Gasteiger partial charge in [-0.25, -0.2) is 13.8 Å². The van der Waals surface area contributed by atoms with Crippen molar-refractivity contribution in [3.63, 3.8) is 0 Å². The van der Waals surface area contributed by atoms with Crippen molar-refractivity contribution < 1.29 is 21.8 Å². The Morgan fingerprint density at radius 1 is 0.980 bits per heavy atom. The number of nitrogens with one attached hydrogen (secondary N) is 1. The van der Waals surface area contributed by atoms with E-state index in [4.69, 9.17) is 16.4 Å². The normalized spacial score (nSPS) is 18.8. The largest absolute Gasteiger partial charge is 0.368 e. The average molecular weight is 698 g/mol. The highest BCUT2D eigenvalue weighted by Gasteiger charge is 2.37. The number of pyridine rings is 1. The number of piperazine rings is 1. The first-order chi connectivity index (χ1) is 24.1. The summed E-state index contributed by atoms with van der Waals surface area (Å²) in [5, 5.41) is 5.19. The summed E-state index contributed by atoms with van der Waals surface area (Å²) in [6, 6.07) is 14.9. The van der Waals surface area contributed by atoms with Gasteiger partial charge < -0.3 is 20.0 Å². The third-order valence-electron chi connectivity index (χ3n) is 9.78. The fraction of sp³-hybridized carbons (Fsp3) is 0.324. The van der Waals surface area contributed by atoms with Gasteiger partial charge in [0.05, 0.1) is 21.9 Å². The maximum atomic E-state index is 16.8. The van der Waals surface area contributed by atoms with Crippen LogP contribution >= 0.6 is 0 Å². The SMILES string of the molecule is C#Cc1c(F)ccc2cccc(-c3ncc4c(N5CC6CCC(C5)N6)nc(N5CC(N(C)c6cccc(S(=O)(=O)O)c6)C5)nc4c3F)c12.CC. The van der Waals surface area contributed by atoms with Gasteiger partial charge in [0.25, 0.3) is 10.1 Å². The van der Waals surface area contributed by atoms with Crippen molar-refractivity contribution in [2.24, 2.45) is 0 Å². The second-order valence-corrected chi connectivity index (χ2v) is 14.1. The third kappa shape index (κ3) is 5.87. The Morgan fingerprint density at radius 3 is 2.40 bits per heavy atom. The lowest BCUT2D eigenvalue weighted by molar-refractivity contribution is 0.462. The van der Waals surface area contributed by atoms with E-state index in [1.807, 2.05) is 30.7 Å². The smallest absolute Gasteiger partial charge is 0.294 e.